The van der Waals surface area contributed by atoms with E-state index in [0.717, 1.165) is 32.0 Å². The second-order valence-electron chi connectivity index (χ2n) is 6.40. The van der Waals surface area contributed by atoms with Crippen LogP contribution in [0.1, 0.15) is 10.4 Å². The molecule has 0 saturated carbocycles. The van der Waals surface area contributed by atoms with E-state index < -0.39 is 11.7 Å². The maximum atomic E-state index is 13.2. The second-order valence-corrected chi connectivity index (χ2v) is 6.40. The number of pyridine rings is 1. The molecule has 0 bridgehead atoms. The van der Waals surface area contributed by atoms with Crippen LogP contribution in [0, 0.1) is 5.82 Å². The summed E-state index contributed by atoms with van der Waals surface area (Å²) in [5.41, 5.74) is 0.708. The number of rotatable bonds is 4. The molecule has 142 valence electrons. The lowest BCUT2D eigenvalue weighted by Crippen LogP contribution is -2.47. The summed E-state index contributed by atoms with van der Waals surface area (Å²) in [6.45, 7) is 3.23. The maximum absolute atomic E-state index is 13.2. The van der Waals surface area contributed by atoms with E-state index in [-0.39, 0.29) is 5.56 Å². The van der Waals surface area contributed by atoms with Gasteiger partial charge in [-0.15, -0.1) is 0 Å². The number of amides is 1. The molecule has 2 aromatic heterocycles. The van der Waals surface area contributed by atoms with E-state index in [1.54, 1.807) is 24.7 Å². The fraction of sp³-hybridized carbons (Fsp3) is 0.200. The number of halogens is 1. The summed E-state index contributed by atoms with van der Waals surface area (Å²) in [6.07, 6.45) is 4.91. The lowest BCUT2D eigenvalue weighted by molar-refractivity contribution is 0.102. The Balaban J connectivity index is 1.35. The highest BCUT2D eigenvalue weighted by Gasteiger charge is 2.19. The molecule has 0 aliphatic carbocycles. The topological polar surface area (TPSA) is 74.2 Å². The van der Waals surface area contributed by atoms with Crippen LogP contribution in [0.2, 0.25) is 0 Å². The van der Waals surface area contributed by atoms with E-state index in [0.29, 0.717) is 11.6 Å². The molecule has 3 heterocycles. The summed E-state index contributed by atoms with van der Waals surface area (Å²) in [7, 11) is 0. The Kier molecular flexibility index (Phi) is 5.09. The minimum Gasteiger partial charge on any atom is -0.353 e. The van der Waals surface area contributed by atoms with E-state index in [4.69, 9.17) is 0 Å². The van der Waals surface area contributed by atoms with Crippen molar-refractivity contribution in [1.29, 1.82) is 0 Å². The van der Waals surface area contributed by atoms with Gasteiger partial charge in [-0.05, 0) is 30.3 Å². The Labute approximate surface area is 161 Å². The first kappa shape index (κ1) is 17.8. The third kappa shape index (κ3) is 4.06. The van der Waals surface area contributed by atoms with Gasteiger partial charge in [-0.2, -0.15) is 0 Å². The van der Waals surface area contributed by atoms with Crippen molar-refractivity contribution in [3.05, 3.63) is 72.4 Å². The quantitative estimate of drug-likeness (QED) is 0.752. The van der Waals surface area contributed by atoms with Crippen LogP contribution in [-0.4, -0.2) is 47.0 Å². The van der Waals surface area contributed by atoms with Crippen LogP contribution in [0.25, 0.3) is 0 Å². The highest BCUT2D eigenvalue weighted by Crippen LogP contribution is 2.17. The molecule has 0 spiro atoms. The van der Waals surface area contributed by atoms with Gasteiger partial charge in [-0.25, -0.2) is 19.3 Å². The third-order valence-corrected chi connectivity index (χ3v) is 4.52. The Morgan fingerprint density at radius 3 is 2.36 bits per heavy atom. The van der Waals surface area contributed by atoms with Crippen molar-refractivity contribution in [3.63, 3.8) is 0 Å². The molecule has 7 nitrogen and oxygen atoms in total. The maximum Gasteiger partial charge on any atom is 0.255 e. The molecule has 1 aliphatic heterocycles. The number of aromatic nitrogens is 3. The summed E-state index contributed by atoms with van der Waals surface area (Å²) in [6, 6.07) is 11.4. The Morgan fingerprint density at radius 2 is 1.68 bits per heavy atom. The highest BCUT2D eigenvalue weighted by atomic mass is 19.1. The zero-order valence-corrected chi connectivity index (χ0v) is 15.1. The van der Waals surface area contributed by atoms with Crippen LogP contribution in [0.15, 0.2) is 61.1 Å². The monoisotopic (exact) mass is 378 g/mol. The molecule has 0 radical (unpaired) electrons. The zero-order valence-electron chi connectivity index (χ0n) is 15.1. The summed E-state index contributed by atoms with van der Waals surface area (Å²) >= 11 is 0. The molecular formula is C20H19FN6O. The van der Waals surface area contributed by atoms with Crippen LogP contribution >= 0.6 is 0 Å². The minimum atomic E-state index is -0.455. The first-order chi connectivity index (χ1) is 13.7. The Hall–Kier alpha value is -3.55. The van der Waals surface area contributed by atoms with Crippen molar-refractivity contribution in [2.75, 3.05) is 41.3 Å². The molecule has 0 atom stereocenters. The average molecular weight is 378 g/mol. The molecule has 1 amide bonds. The summed E-state index contributed by atoms with van der Waals surface area (Å²) in [4.78, 5) is 29.6. The third-order valence-electron chi connectivity index (χ3n) is 4.52. The molecule has 1 aliphatic rings. The van der Waals surface area contributed by atoms with Crippen molar-refractivity contribution in [2.45, 2.75) is 0 Å². The zero-order chi connectivity index (χ0) is 19.3. The molecule has 8 heteroatoms. The van der Waals surface area contributed by atoms with Gasteiger partial charge in [0, 0.05) is 37.9 Å². The van der Waals surface area contributed by atoms with Gasteiger partial charge in [-0.3, -0.25) is 4.79 Å². The number of hydrogen-bond donors (Lipinski definition) is 1. The van der Waals surface area contributed by atoms with Gasteiger partial charge >= 0.3 is 0 Å². The van der Waals surface area contributed by atoms with Crippen LogP contribution in [0.3, 0.4) is 0 Å². The summed E-state index contributed by atoms with van der Waals surface area (Å²) in [5, 5.41) is 2.68. The van der Waals surface area contributed by atoms with E-state index in [2.05, 4.69) is 30.1 Å². The largest absolute Gasteiger partial charge is 0.353 e. The lowest BCUT2D eigenvalue weighted by Gasteiger charge is -2.35. The fourth-order valence-corrected chi connectivity index (χ4v) is 3.06. The van der Waals surface area contributed by atoms with E-state index >= 15 is 0 Å². The van der Waals surface area contributed by atoms with E-state index in [1.165, 1.54) is 18.2 Å². The average Bonchev–Trinajstić information content (AvgIpc) is 2.75. The van der Waals surface area contributed by atoms with Crippen molar-refractivity contribution < 1.29 is 9.18 Å². The van der Waals surface area contributed by atoms with Crippen molar-refractivity contribution in [3.8, 4) is 0 Å². The number of piperazine rings is 1. The first-order valence-electron chi connectivity index (χ1n) is 8.99. The van der Waals surface area contributed by atoms with Crippen LogP contribution < -0.4 is 15.1 Å². The predicted molar refractivity (Wildman–Crippen MR) is 105 cm³/mol. The standard InChI is InChI=1S/C20H19FN6O/c21-16-5-3-4-15(12-16)19(28)25-17-13-23-20(24-14-17)27-10-8-26(9-11-27)18-6-1-2-7-22-18/h1-7,12-14H,8-11H2,(H,25,28). The van der Waals surface area contributed by atoms with Crippen molar-refractivity contribution in [2.24, 2.45) is 0 Å². The van der Waals surface area contributed by atoms with Gasteiger partial charge in [-0.1, -0.05) is 12.1 Å². The van der Waals surface area contributed by atoms with Crippen LogP contribution in [-0.2, 0) is 0 Å². The highest BCUT2D eigenvalue weighted by molar-refractivity contribution is 6.04. The Morgan fingerprint density at radius 1 is 0.929 bits per heavy atom. The number of benzene rings is 1. The summed E-state index contributed by atoms with van der Waals surface area (Å²) < 4.78 is 13.2. The number of carbonyl (C=O) groups is 1. The molecule has 0 unspecified atom stereocenters. The molecular weight excluding hydrogens is 359 g/mol. The van der Waals surface area contributed by atoms with Crippen molar-refractivity contribution in [1.82, 2.24) is 15.0 Å². The Bertz CT molecular complexity index is 942. The number of anilines is 3. The SMILES string of the molecule is O=C(Nc1cnc(N2CCN(c3ccccn3)CC2)nc1)c1cccc(F)c1. The first-order valence-corrected chi connectivity index (χ1v) is 8.99. The van der Waals surface area contributed by atoms with Gasteiger partial charge < -0.3 is 15.1 Å². The predicted octanol–water partition coefficient (Wildman–Crippen LogP) is 2.59. The lowest BCUT2D eigenvalue weighted by atomic mass is 10.2. The molecule has 3 aromatic rings. The molecule has 28 heavy (non-hydrogen) atoms. The van der Waals surface area contributed by atoms with E-state index in [1.807, 2.05) is 18.2 Å². The minimum absolute atomic E-state index is 0.245. The van der Waals surface area contributed by atoms with Crippen LogP contribution in [0.4, 0.5) is 21.8 Å². The molecule has 4 rings (SSSR count). The number of hydrogen-bond acceptors (Lipinski definition) is 6. The molecule has 1 saturated heterocycles. The second kappa shape index (κ2) is 7.99. The van der Waals surface area contributed by atoms with Gasteiger partial charge in [0.1, 0.15) is 11.6 Å². The smallest absolute Gasteiger partial charge is 0.255 e. The fourth-order valence-electron chi connectivity index (χ4n) is 3.06. The molecule has 1 fully saturated rings. The van der Waals surface area contributed by atoms with Gasteiger partial charge in [0.05, 0.1) is 18.1 Å². The van der Waals surface area contributed by atoms with E-state index in [9.17, 15) is 9.18 Å². The number of carbonyl (C=O) groups excluding carboxylic acids is 1. The normalized spacial score (nSPS) is 14.0. The number of nitrogens with one attached hydrogen (secondary N) is 1. The summed E-state index contributed by atoms with van der Waals surface area (Å²) in [5.74, 6) is 0.729. The van der Waals surface area contributed by atoms with Crippen molar-refractivity contribution >= 4 is 23.4 Å². The van der Waals surface area contributed by atoms with Gasteiger partial charge in [0.25, 0.3) is 5.91 Å². The molecule has 1 N–H and O–H groups in total. The van der Waals surface area contributed by atoms with Crippen LogP contribution in [0.5, 0.6) is 0 Å². The molecule has 1 aromatic carbocycles. The van der Waals surface area contributed by atoms with Gasteiger partial charge in [0.2, 0.25) is 5.95 Å². The number of nitrogens with zero attached hydrogens (tertiary/aromatic N) is 5. The van der Waals surface area contributed by atoms with Gasteiger partial charge in [0.15, 0.2) is 0 Å².